The number of hydrogen-bond donors (Lipinski definition) is 3. The number of amides is 2. The van der Waals surface area contributed by atoms with Gasteiger partial charge in [0.25, 0.3) is 5.91 Å². The molecule has 1 unspecified atom stereocenters. The molecule has 0 bridgehead atoms. The van der Waals surface area contributed by atoms with Crippen molar-refractivity contribution < 1.29 is 19.1 Å². The van der Waals surface area contributed by atoms with Gasteiger partial charge in [-0.15, -0.1) is 0 Å². The van der Waals surface area contributed by atoms with Gasteiger partial charge in [0, 0.05) is 26.6 Å². The summed E-state index contributed by atoms with van der Waals surface area (Å²) in [7, 11) is 0. The summed E-state index contributed by atoms with van der Waals surface area (Å²) in [5.41, 5.74) is 4.48. The second-order valence-corrected chi connectivity index (χ2v) is 4.17. The van der Waals surface area contributed by atoms with Crippen molar-refractivity contribution in [2.75, 3.05) is 32.8 Å². The Balaban J connectivity index is 2.50. The average Bonchev–Trinajstić information content (AvgIpc) is 2.37. The summed E-state index contributed by atoms with van der Waals surface area (Å²) in [5.74, 6) is -1.07. The molecule has 0 aromatic rings. The van der Waals surface area contributed by atoms with E-state index < -0.39 is 6.04 Å². The number of nitrogens with one attached hydrogen (secondary N) is 3. The number of rotatable bonds is 4. The van der Waals surface area contributed by atoms with Gasteiger partial charge in [0.2, 0.25) is 5.91 Å². The Hall–Kier alpha value is -1.67. The summed E-state index contributed by atoms with van der Waals surface area (Å²) < 4.78 is 4.97. The molecule has 1 fully saturated rings. The summed E-state index contributed by atoms with van der Waals surface area (Å²) in [6.45, 7) is 5.09. The van der Waals surface area contributed by atoms with Crippen LogP contribution < -0.4 is 16.2 Å². The molecule has 0 radical (unpaired) electrons. The molecule has 0 aliphatic carbocycles. The lowest BCUT2D eigenvalue weighted by molar-refractivity contribution is -0.150. The number of carbonyl (C=O) groups is 3. The van der Waals surface area contributed by atoms with Gasteiger partial charge in [-0.2, -0.15) is 0 Å². The summed E-state index contributed by atoms with van der Waals surface area (Å²) in [6, 6.07) is -0.475. The quantitative estimate of drug-likeness (QED) is 0.404. The SMILES string of the molecule is CCOC(=O)C1CNCCN1CC(=O)NNC(C)=O. The van der Waals surface area contributed by atoms with Gasteiger partial charge < -0.3 is 10.1 Å². The molecular weight excluding hydrogens is 252 g/mol. The van der Waals surface area contributed by atoms with Crippen molar-refractivity contribution in [2.45, 2.75) is 19.9 Å². The van der Waals surface area contributed by atoms with E-state index in [0.717, 1.165) is 0 Å². The van der Waals surface area contributed by atoms with E-state index >= 15 is 0 Å². The molecule has 8 heteroatoms. The molecule has 8 nitrogen and oxygen atoms in total. The molecule has 0 spiro atoms. The van der Waals surface area contributed by atoms with Crippen LogP contribution in [0.4, 0.5) is 0 Å². The highest BCUT2D eigenvalue weighted by molar-refractivity contribution is 5.83. The third kappa shape index (κ3) is 5.23. The van der Waals surface area contributed by atoms with E-state index in [2.05, 4.69) is 16.2 Å². The Bertz CT molecular complexity index is 348. The minimum atomic E-state index is -0.475. The highest BCUT2D eigenvalue weighted by Crippen LogP contribution is 2.05. The molecule has 1 rings (SSSR count). The number of esters is 1. The van der Waals surface area contributed by atoms with Crippen LogP contribution in [0.5, 0.6) is 0 Å². The molecule has 19 heavy (non-hydrogen) atoms. The van der Waals surface area contributed by atoms with Crippen molar-refractivity contribution in [2.24, 2.45) is 0 Å². The maximum absolute atomic E-state index is 11.8. The maximum atomic E-state index is 11.8. The first-order valence-corrected chi connectivity index (χ1v) is 6.21. The van der Waals surface area contributed by atoms with Crippen molar-refractivity contribution in [3.8, 4) is 0 Å². The van der Waals surface area contributed by atoms with Crippen LogP contribution in [0.2, 0.25) is 0 Å². The van der Waals surface area contributed by atoms with Gasteiger partial charge in [0.05, 0.1) is 13.2 Å². The molecule has 1 aliphatic rings. The van der Waals surface area contributed by atoms with Gasteiger partial charge in [-0.1, -0.05) is 0 Å². The Kier molecular flexibility index (Phi) is 6.23. The second kappa shape index (κ2) is 7.70. The summed E-state index contributed by atoms with van der Waals surface area (Å²) in [4.78, 5) is 35.8. The van der Waals surface area contributed by atoms with Crippen LogP contribution in [0, 0.1) is 0 Å². The monoisotopic (exact) mass is 272 g/mol. The highest BCUT2D eigenvalue weighted by atomic mass is 16.5. The van der Waals surface area contributed by atoms with Crippen LogP contribution in [0.1, 0.15) is 13.8 Å². The maximum Gasteiger partial charge on any atom is 0.324 e. The van der Waals surface area contributed by atoms with E-state index in [0.29, 0.717) is 26.2 Å². The van der Waals surface area contributed by atoms with Gasteiger partial charge in [-0.05, 0) is 6.92 Å². The number of nitrogens with zero attached hydrogens (tertiary/aromatic N) is 1. The Morgan fingerprint density at radius 3 is 2.74 bits per heavy atom. The van der Waals surface area contributed by atoms with Crippen LogP contribution in [0.3, 0.4) is 0 Å². The fraction of sp³-hybridized carbons (Fsp3) is 0.727. The fourth-order valence-corrected chi connectivity index (χ4v) is 1.79. The molecule has 0 aromatic carbocycles. The number of piperazine rings is 1. The van der Waals surface area contributed by atoms with Crippen LogP contribution in [0.25, 0.3) is 0 Å². The molecular formula is C11H20N4O4. The molecule has 1 aliphatic heterocycles. The van der Waals surface area contributed by atoms with Gasteiger partial charge in [-0.3, -0.25) is 30.1 Å². The van der Waals surface area contributed by atoms with E-state index in [1.165, 1.54) is 6.92 Å². The van der Waals surface area contributed by atoms with Crippen LogP contribution in [-0.4, -0.2) is 61.5 Å². The van der Waals surface area contributed by atoms with Crippen molar-refractivity contribution in [3.05, 3.63) is 0 Å². The van der Waals surface area contributed by atoms with Crippen LogP contribution in [0.15, 0.2) is 0 Å². The molecule has 1 heterocycles. The number of hydrazine groups is 1. The first kappa shape index (κ1) is 15.4. The Morgan fingerprint density at radius 2 is 2.11 bits per heavy atom. The van der Waals surface area contributed by atoms with E-state index in [1.807, 2.05) is 0 Å². The summed E-state index contributed by atoms with van der Waals surface area (Å²) >= 11 is 0. The minimum Gasteiger partial charge on any atom is -0.465 e. The van der Waals surface area contributed by atoms with Gasteiger partial charge in [0.15, 0.2) is 0 Å². The molecule has 0 aromatic heterocycles. The lowest BCUT2D eigenvalue weighted by atomic mass is 10.2. The summed E-state index contributed by atoms with van der Waals surface area (Å²) in [5, 5.41) is 3.08. The van der Waals surface area contributed by atoms with E-state index in [-0.39, 0.29) is 24.3 Å². The molecule has 3 N–H and O–H groups in total. The Morgan fingerprint density at radius 1 is 1.37 bits per heavy atom. The van der Waals surface area contributed by atoms with Crippen LogP contribution in [-0.2, 0) is 19.1 Å². The predicted molar refractivity (Wildman–Crippen MR) is 66.8 cm³/mol. The van der Waals surface area contributed by atoms with Crippen molar-refractivity contribution in [1.82, 2.24) is 21.1 Å². The topological polar surface area (TPSA) is 99.8 Å². The zero-order chi connectivity index (χ0) is 14.3. The normalized spacial score (nSPS) is 19.6. The van der Waals surface area contributed by atoms with E-state index in [1.54, 1.807) is 11.8 Å². The van der Waals surface area contributed by atoms with Gasteiger partial charge in [-0.25, -0.2) is 0 Å². The summed E-state index contributed by atoms with van der Waals surface area (Å²) in [6.07, 6.45) is 0. The highest BCUT2D eigenvalue weighted by Gasteiger charge is 2.30. The fourth-order valence-electron chi connectivity index (χ4n) is 1.79. The second-order valence-electron chi connectivity index (χ2n) is 4.17. The zero-order valence-corrected chi connectivity index (χ0v) is 11.2. The van der Waals surface area contributed by atoms with E-state index in [4.69, 9.17) is 4.74 Å². The molecule has 1 atom stereocenters. The van der Waals surface area contributed by atoms with Gasteiger partial charge >= 0.3 is 5.97 Å². The van der Waals surface area contributed by atoms with Gasteiger partial charge in [0.1, 0.15) is 6.04 Å². The van der Waals surface area contributed by atoms with E-state index in [9.17, 15) is 14.4 Å². The van der Waals surface area contributed by atoms with Crippen molar-refractivity contribution in [1.29, 1.82) is 0 Å². The molecule has 0 saturated carbocycles. The largest absolute Gasteiger partial charge is 0.465 e. The minimum absolute atomic E-state index is 0.0332. The number of hydrogen-bond acceptors (Lipinski definition) is 6. The first-order chi connectivity index (χ1) is 9.04. The lowest BCUT2D eigenvalue weighted by Crippen LogP contribution is -2.58. The number of ether oxygens (including phenoxy) is 1. The number of carbonyl (C=O) groups excluding carboxylic acids is 3. The zero-order valence-electron chi connectivity index (χ0n) is 11.2. The first-order valence-electron chi connectivity index (χ1n) is 6.21. The third-order valence-electron chi connectivity index (χ3n) is 2.64. The lowest BCUT2D eigenvalue weighted by Gasteiger charge is -2.33. The predicted octanol–water partition coefficient (Wildman–Crippen LogP) is -2.01. The molecule has 1 saturated heterocycles. The average molecular weight is 272 g/mol. The Labute approximate surface area is 111 Å². The van der Waals surface area contributed by atoms with Crippen LogP contribution >= 0.6 is 0 Å². The molecule has 108 valence electrons. The standard InChI is InChI=1S/C11H20N4O4/c1-3-19-11(18)9-6-12-4-5-15(9)7-10(17)14-13-8(2)16/h9,12H,3-7H2,1-2H3,(H,13,16)(H,14,17). The van der Waals surface area contributed by atoms with Crippen molar-refractivity contribution >= 4 is 17.8 Å². The molecule has 2 amide bonds. The smallest absolute Gasteiger partial charge is 0.324 e. The van der Waals surface area contributed by atoms with Crippen molar-refractivity contribution in [3.63, 3.8) is 0 Å². The third-order valence-corrected chi connectivity index (χ3v) is 2.64.